The number of rotatable bonds is 2. The minimum absolute atomic E-state index is 0.224. The van der Waals surface area contributed by atoms with Crippen molar-refractivity contribution in [2.45, 2.75) is 32.3 Å². The summed E-state index contributed by atoms with van der Waals surface area (Å²) < 4.78 is 13.5. The molecule has 0 saturated heterocycles. The van der Waals surface area contributed by atoms with Crippen molar-refractivity contribution in [2.24, 2.45) is 0 Å². The Morgan fingerprint density at radius 3 is 2.77 bits per heavy atom. The Balaban J connectivity index is 1.72. The van der Waals surface area contributed by atoms with Gasteiger partial charge in [0.1, 0.15) is 5.76 Å². The molecule has 1 unspecified atom stereocenters. The fraction of sp³-hybridized carbons (Fsp3) is 0.278. The molecular formula is C18H16N6O2. The van der Waals surface area contributed by atoms with Crippen LogP contribution in [0.3, 0.4) is 0 Å². The lowest BCUT2D eigenvalue weighted by atomic mass is 9.97. The molecule has 3 aromatic heterocycles. The first kappa shape index (κ1) is 15.0. The Morgan fingerprint density at radius 2 is 2.04 bits per heavy atom. The van der Waals surface area contributed by atoms with Gasteiger partial charge in [0.2, 0.25) is 5.89 Å². The van der Waals surface area contributed by atoms with Crippen molar-refractivity contribution < 1.29 is 9.15 Å². The first-order valence-electron chi connectivity index (χ1n) is 8.31. The quantitative estimate of drug-likeness (QED) is 0.703. The summed E-state index contributed by atoms with van der Waals surface area (Å²) in [5.41, 5.74) is 2.15. The molecule has 26 heavy (non-hydrogen) atoms. The Morgan fingerprint density at radius 1 is 1.15 bits per heavy atom. The molecule has 5 heterocycles. The van der Waals surface area contributed by atoms with Crippen LogP contribution < -0.4 is 0 Å². The molecule has 8 heteroatoms. The molecule has 8 nitrogen and oxygen atoms in total. The molecule has 0 radical (unpaired) electrons. The molecule has 2 bridgehead atoms. The maximum atomic E-state index is 5.92. The summed E-state index contributed by atoms with van der Waals surface area (Å²) in [6.07, 6.45) is 10.6. The second-order valence-corrected chi connectivity index (χ2v) is 7.23. The van der Waals surface area contributed by atoms with Gasteiger partial charge in [0.25, 0.3) is 5.89 Å². The van der Waals surface area contributed by atoms with Crippen molar-refractivity contribution in [3.8, 4) is 17.4 Å². The second-order valence-electron chi connectivity index (χ2n) is 7.23. The van der Waals surface area contributed by atoms with Crippen LogP contribution in [0.1, 0.15) is 44.0 Å². The molecule has 2 aliphatic rings. The highest BCUT2D eigenvalue weighted by atomic mass is 16.5. The lowest BCUT2D eigenvalue weighted by Crippen LogP contribution is -2.11. The third kappa shape index (κ3) is 2.18. The van der Waals surface area contributed by atoms with Gasteiger partial charge in [0.15, 0.2) is 17.6 Å². The van der Waals surface area contributed by atoms with Crippen molar-refractivity contribution in [1.82, 2.24) is 29.9 Å². The van der Waals surface area contributed by atoms with E-state index >= 15 is 0 Å². The molecule has 0 saturated carbocycles. The normalized spacial score (nSPS) is 17.8. The van der Waals surface area contributed by atoms with Gasteiger partial charge in [-0.2, -0.15) is 5.10 Å². The van der Waals surface area contributed by atoms with Gasteiger partial charge < -0.3 is 9.15 Å². The lowest BCUT2D eigenvalue weighted by molar-refractivity contribution is 0.176. The first-order valence-corrected chi connectivity index (χ1v) is 8.31. The highest BCUT2D eigenvalue weighted by Crippen LogP contribution is 2.42. The van der Waals surface area contributed by atoms with Crippen molar-refractivity contribution >= 4 is 6.08 Å². The van der Waals surface area contributed by atoms with E-state index < -0.39 is 0 Å². The topological polar surface area (TPSA) is 91.8 Å². The van der Waals surface area contributed by atoms with E-state index in [1.165, 1.54) is 0 Å². The van der Waals surface area contributed by atoms with Crippen LogP contribution in [0.15, 0.2) is 40.9 Å². The van der Waals surface area contributed by atoms with Crippen LogP contribution in [0.2, 0.25) is 0 Å². The minimum Gasteiger partial charge on any atom is -0.480 e. The van der Waals surface area contributed by atoms with Gasteiger partial charge in [0, 0.05) is 23.4 Å². The third-order valence-corrected chi connectivity index (χ3v) is 4.25. The summed E-state index contributed by atoms with van der Waals surface area (Å²) in [5.74, 6) is 2.34. The molecular weight excluding hydrogens is 332 g/mol. The van der Waals surface area contributed by atoms with Crippen molar-refractivity contribution in [1.29, 1.82) is 0 Å². The first-order chi connectivity index (χ1) is 12.5. The van der Waals surface area contributed by atoms with E-state index in [-0.39, 0.29) is 11.5 Å². The third-order valence-electron chi connectivity index (χ3n) is 4.25. The van der Waals surface area contributed by atoms with Gasteiger partial charge in [0.05, 0.1) is 11.9 Å². The second kappa shape index (κ2) is 5.10. The van der Waals surface area contributed by atoms with E-state index in [4.69, 9.17) is 14.3 Å². The van der Waals surface area contributed by atoms with Gasteiger partial charge in [-0.3, -0.25) is 4.98 Å². The predicted molar refractivity (Wildman–Crippen MR) is 92.1 cm³/mol. The lowest BCUT2D eigenvalue weighted by Gasteiger charge is -2.17. The Labute approximate surface area is 149 Å². The van der Waals surface area contributed by atoms with Crippen molar-refractivity contribution in [3.05, 3.63) is 53.6 Å². The zero-order chi connectivity index (χ0) is 17.9. The van der Waals surface area contributed by atoms with Gasteiger partial charge in [-0.1, -0.05) is 20.8 Å². The van der Waals surface area contributed by atoms with Crippen LogP contribution in [-0.4, -0.2) is 29.9 Å². The van der Waals surface area contributed by atoms with E-state index in [0.717, 1.165) is 17.0 Å². The van der Waals surface area contributed by atoms with Crippen molar-refractivity contribution in [3.63, 3.8) is 0 Å². The summed E-state index contributed by atoms with van der Waals surface area (Å²) in [4.78, 5) is 8.50. The molecule has 5 rings (SSSR count). The van der Waals surface area contributed by atoms with E-state index in [2.05, 4.69) is 20.2 Å². The Bertz CT molecular complexity index is 1060. The number of aromatic nitrogens is 6. The van der Waals surface area contributed by atoms with Crippen LogP contribution in [0, 0.1) is 0 Å². The highest BCUT2D eigenvalue weighted by Gasteiger charge is 2.34. The molecule has 0 spiro atoms. The molecule has 0 fully saturated rings. The van der Waals surface area contributed by atoms with Crippen LogP contribution in [0.25, 0.3) is 23.5 Å². The average molecular weight is 348 g/mol. The molecule has 0 N–H and O–H groups in total. The van der Waals surface area contributed by atoms with Gasteiger partial charge in [-0.05, 0) is 18.2 Å². The van der Waals surface area contributed by atoms with Gasteiger partial charge >= 0.3 is 0 Å². The smallest absolute Gasteiger partial charge is 0.268 e. The fourth-order valence-electron chi connectivity index (χ4n) is 2.99. The summed E-state index contributed by atoms with van der Waals surface area (Å²) in [7, 11) is 0. The molecule has 130 valence electrons. The largest absolute Gasteiger partial charge is 0.480 e. The SMILES string of the molecule is CC(C)(C)c1nnc(-c2nn(-c3cnccn3)c3c2C=C2C=CC3O2)o1. The van der Waals surface area contributed by atoms with E-state index in [1.807, 2.05) is 39.0 Å². The standard InChI is InChI=1S/C18H16N6O2/c1-18(2,3)17-22-21-16(26-17)14-11-8-10-4-5-12(25-10)15(11)24(23-14)13-9-19-6-7-20-13/h4-9,12H,1-3H3. The van der Waals surface area contributed by atoms with E-state index in [1.54, 1.807) is 23.3 Å². The minimum atomic E-state index is -0.235. The molecule has 0 aliphatic carbocycles. The molecule has 0 amide bonds. The van der Waals surface area contributed by atoms with Crippen LogP contribution in [0.5, 0.6) is 0 Å². The number of hydrogen-bond donors (Lipinski definition) is 0. The summed E-state index contributed by atoms with van der Waals surface area (Å²) >= 11 is 0. The zero-order valence-electron chi connectivity index (χ0n) is 14.5. The van der Waals surface area contributed by atoms with Crippen LogP contribution in [-0.2, 0) is 10.2 Å². The Hall–Kier alpha value is -3.29. The number of hydrogen-bond acceptors (Lipinski definition) is 7. The fourth-order valence-corrected chi connectivity index (χ4v) is 2.99. The Kier molecular flexibility index (Phi) is 2.95. The molecule has 1 atom stereocenters. The molecule has 0 aromatic carbocycles. The monoisotopic (exact) mass is 348 g/mol. The zero-order valence-corrected chi connectivity index (χ0v) is 14.5. The molecule has 3 aromatic rings. The average Bonchev–Trinajstić information content (AvgIpc) is 3.33. The van der Waals surface area contributed by atoms with E-state index in [0.29, 0.717) is 23.3 Å². The summed E-state index contributed by atoms with van der Waals surface area (Å²) in [6, 6.07) is 0. The summed E-state index contributed by atoms with van der Waals surface area (Å²) in [5, 5.41) is 13.1. The number of fused-ring (bicyclic) bond motifs is 4. The van der Waals surface area contributed by atoms with Gasteiger partial charge in [-0.15, -0.1) is 10.2 Å². The number of allylic oxidation sites excluding steroid dienone is 1. The van der Waals surface area contributed by atoms with Gasteiger partial charge in [-0.25, -0.2) is 9.67 Å². The number of ether oxygens (including phenoxy) is 1. The molecule has 2 aliphatic heterocycles. The maximum Gasteiger partial charge on any atom is 0.268 e. The summed E-state index contributed by atoms with van der Waals surface area (Å²) in [6.45, 7) is 6.08. The van der Waals surface area contributed by atoms with E-state index in [9.17, 15) is 0 Å². The van der Waals surface area contributed by atoms with Crippen molar-refractivity contribution in [2.75, 3.05) is 0 Å². The predicted octanol–water partition coefficient (Wildman–Crippen LogP) is 2.99. The maximum absolute atomic E-state index is 5.92. The highest BCUT2D eigenvalue weighted by molar-refractivity contribution is 5.74. The van der Waals surface area contributed by atoms with Crippen LogP contribution >= 0.6 is 0 Å². The van der Waals surface area contributed by atoms with Crippen LogP contribution in [0.4, 0.5) is 0 Å². The number of nitrogens with zero attached hydrogens (tertiary/aromatic N) is 6.